The SMILES string of the molecule is COC(=O)CCc1ccc(COc2cc(C)ccc2C)cc1C(=O)N[C@H](CC(C)C)c1cc(C)cc(C)c1. The van der Waals surface area contributed by atoms with Gasteiger partial charge in [0, 0.05) is 12.0 Å². The number of carbonyl (C=O) groups excluding carboxylic acids is 2. The van der Waals surface area contributed by atoms with Crippen LogP contribution in [0.1, 0.15) is 82.0 Å². The van der Waals surface area contributed by atoms with Gasteiger partial charge in [0.05, 0.1) is 13.2 Å². The number of nitrogens with one attached hydrogen (secondary N) is 1. The number of carbonyl (C=O) groups is 2. The first kappa shape index (κ1) is 29.0. The molecule has 0 fully saturated rings. The Labute approximate surface area is 227 Å². The van der Waals surface area contributed by atoms with E-state index in [1.165, 1.54) is 18.2 Å². The van der Waals surface area contributed by atoms with Crippen LogP contribution in [0.2, 0.25) is 0 Å². The lowest BCUT2D eigenvalue weighted by Crippen LogP contribution is -2.30. The van der Waals surface area contributed by atoms with Crippen molar-refractivity contribution in [3.05, 3.63) is 99.1 Å². The minimum atomic E-state index is -0.299. The third kappa shape index (κ3) is 8.20. The van der Waals surface area contributed by atoms with E-state index in [0.29, 0.717) is 24.5 Å². The number of amides is 1. The molecule has 5 heteroatoms. The van der Waals surface area contributed by atoms with Gasteiger partial charge in [0.25, 0.3) is 5.91 Å². The molecule has 1 amide bonds. The van der Waals surface area contributed by atoms with Crippen LogP contribution in [0.15, 0.2) is 54.6 Å². The molecule has 5 nitrogen and oxygen atoms in total. The van der Waals surface area contributed by atoms with Crippen molar-refractivity contribution < 1.29 is 19.1 Å². The molecule has 0 unspecified atom stereocenters. The second-order valence-electron chi connectivity index (χ2n) is 10.7. The molecule has 3 aromatic rings. The number of methoxy groups -OCH3 is 1. The first-order valence-corrected chi connectivity index (χ1v) is 13.3. The third-order valence-electron chi connectivity index (χ3n) is 6.64. The van der Waals surface area contributed by atoms with E-state index in [1.807, 2.05) is 44.2 Å². The first-order valence-electron chi connectivity index (χ1n) is 13.3. The second kappa shape index (κ2) is 13.3. The highest BCUT2D eigenvalue weighted by atomic mass is 16.5. The Hall–Kier alpha value is -3.60. The maximum Gasteiger partial charge on any atom is 0.305 e. The Morgan fingerprint density at radius 1 is 0.868 bits per heavy atom. The Morgan fingerprint density at radius 2 is 1.58 bits per heavy atom. The average Bonchev–Trinajstić information content (AvgIpc) is 2.86. The van der Waals surface area contributed by atoms with Crippen molar-refractivity contribution in [1.29, 1.82) is 0 Å². The standard InChI is InChI=1S/C33H41NO4/c1-21(2)14-30(28-16-23(4)15-24(5)17-28)34-33(36)29-19-26(10-11-27(29)12-13-32(35)37-7)20-38-31-18-22(3)8-9-25(31)6/h8-11,15-19,21,30H,12-14,20H2,1-7H3,(H,34,36)/t30-/m1/s1. The van der Waals surface area contributed by atoms with Crippen LogP contribution in [0.4, 0.5) is 0 Å². The van der Waals surface area contributed by atoms with Gasteiger partial charge in [-0.05, 0) is 86.4 Å². The number of esters is 1. The van der Waals surface area contributed by atoms with Gasteiger partial charge in [-0.2, -0.15) is 0 Å². The molecule has 1 N–H and O–H groups in total. The molecule has 0 heterocycles. The van der Waals surface area contributed by atoms with Gasteiger partial charge in [-0.15, -0.1) is 0 Å². The van der Waals surface area contributed by atoms with Crippen molar-refractivity contribution in [2.24, 2.45) is 5.92 Å². The quantitative estimate of drug-likeness (QED) is 0.276. The number of hydrogen-bond acceptors (Lipinski definition) is 4. The van der Waals surface area contributed by atoms with Crippen LogP contribution in [0.3, 0.4) is 0 Å². The van der Waals surface area contributed by atoms with Crippen LogP contribution in [0.25, 0.3) is 0 Å². The van der Waals surface area contributed by atoms with E-state index < -0.39 is 0 Å². The van der Waals surface area contributed by atoms with Gasteiger partial charge in [-0.3, -0.25) is 9.59 Å². The number of benzene rings is 3. The van der Waals surface area contributed by atoms with E-state index in [1.54, 1.807) is 0 Å². The smallest absolute Gasteiger partial charge is 0.305 e. The minimum Gasteiger partial charge on any atom is -0.489 e. The molecule has 3 aromatic carbocycles. The second-order valence-corrected chi connectivity index (χ2v) is 10.7. The minimum absolute atomic E-state index is 0.121. The molecule has 0 aliphatic heterocycles. The lowest BCUT2D eigenvalue weighted by atomic mass is 9.93. The van der Waals surface area contributed by atoms with Crippen LogP contribution < -0.4 is 10.1 Å². The Kier molecular flexibility index (Phi) is 10.1. The fourth-order valence-corrected chi connectivity index (χ4v) is 4.70. The van der Waals surface area contributed by atoms with Crippen LogP contribution in [0, 0.1) is 33.6 Å². The maximum absolute atomic E-state index is 13.8. The van der Waals surface area contributed by atoms with E-state index in [9.17, 15) is 9.59 Å². The predicted octanol–water partition coefficient (Wildman–Crippen LogP) is 7.12. The van der Waals surface area contributed by atoms with E-state index in [4.69, 9.17) is 9.47 Å². The molecule has 0 saturated carbocycles. The number of rotatable bonds is 11. The van der Waals surface area contributed by atoms with E-state index in [2.05, 4.69) is 57.3 Å². The summed E-state index contributed by atoms with van der Waals surface area (Å²) in [6.07, 6.45) is 1.45. The number of ether oxygens (including phenoxy) is 2. The molecule has 1 atom stereocenters. The summed E-state index contributed by atoms with van der Waals surface area (Å²) in [4.78, 5) is 25.6. The van der Waals surface area contributed by atoms with Gasteiger partial charge in [0.2, 0.25) is 0 Å². The summed E-state index contributed by atoms with van der Waals surface area (Å²) in [5.74, 6) is 0.782. The van der Waals surface area contributed by atoms with Crippen LogP contribution >= 0.6 is 0 Å². The Balaban J connectivity index is 1.90. The first-order chi connectivity index (χ1) is 18.0. The molecule has 38 heavy (non-hydrogen) atoms. The van der Waals surface area contributed by atoms with Gasteiger partial charge in [0.1, 0.15) is 12.4 Å². The molecule has 0 aliphatic rings. The molecular formula is C33H41NO4. The zero-order chi connectivity index (χ0) is 27.8. The zero-order valence-corrected chi connectivity index (χ0v) is 23.8. The van der Waals surface area contributed by atoms with Crippen LogP contribution in [-0.2, 0) is 22.6 Å². The highest BCUT2D eigenvalue weighted by Gasteiger charge is 2.21. The van der Waals surface area contributed by atoms with Crippen molar-refractivity contribution in [3.63, 3.8) is 0 Å². The molecule has 0 spiro atoms. The fourth-order valence-electron chi connectivity index (χ4n) is 4.70. The number of aryl methyl sites for hydroxylation is 5. The Bertz CT molecular complexity index is 1260. The molecule has 0 aromatic heterocycles. The molecule has 0 radical (unpaired) electrons. The van der Waals surface area contributed by atoms with Gasteiger partial charge in [-0.1, -0.05) is 67.4 Å². The molecule has 0 bridgehead atoms. The molecule has 0 saturated heterocycles. The lowest BCUT2D eigenvalue weighted by Gasteiger charge is -2.23. The molecular weight excluding hydrogens is 474 g/mol. The summed E-state index contributed by atoms with van der Waals surface area (Å²) in [6.45, 7) is 12.9. The summed E-state index contributed by atoms with van der Waals surface area (Å²) in [7, 11) is 1.38. The lowest BCUT2D eigenvalue weighted by molar-refractivity contribution is -0.140. The summed E-state index contributed by atoms with van der Waals surface area (Å²) < 4.78 is 11.0. The van der Waals surface area contributed by atoms with Crippen LogP contribution in [-0.4, -0.2) is 19.0 Å². The van der Waals surface area contributed by atoms with Gasteiger partial charge >= 0.3 is 5.97 Å². The van der Waals surface area contributed by atoms with E-state index in [0.717, 1.165) is 40.0 Å². The summed E-state index contributed by atoms with van der Waals surface area (Å²) in [5, 5.41) is 3.30. The molecule has 202 valence electrons. The monoisotopic (exact) mass is 515 g/mol. The van der Waals surface area contributed by atoms with Crippen molar-refractivity contribution in [3.8, 4) is 5.75 Å². The van der Waals surface area contributed by atoms with Crippen LogP contribution in [0.5, 0.6) is 5.75 Å². The van der Waals surface area contributed by atoms with E-state index in [-0.39, 0.29) is 24.3 Å². The van der Waals surface area contributed by atoms with Crippen molar-refractivity contribution >= 4 is 11.9 Å². The third-order valence-corrected chi connectivity index (χ3v) is 6.64. The zero-order valence-electron chi connectivity index (χ0n) is 23.8. The van der Waals surface area contributed by atoms with Gasteiger partial charge in [0.15, 0.2) is 0 Å². The average molecular weight is 516 g/mol. The largest absolute Gasteiger partial charge is 0.489 e. The summed E-state index contributed by atoms with van der Waals surface area (Å²) in [5.41, 5.74) is 7.92. The highest BCUT2D eigenvalue weighted by Crippen LogP contribution is 2.26. The van der Waals surface area contributed by atoms with Crippen molar-refractivity contribution in [1.82, 2.24) is 5.32 Å². The molecule has 0 aliphatic carbocycles. The van der Waals surface area contributed by atoms with Gasteiger partial charge < -0.3 is 14.8 Å². The predicted molar refractivity (Wildman–Crippen MR) is 153 cm³/mol. The summed E-state index contributed by atoms with van der Waals surface area (Å²) >= 11 is 0. The van der Waals surface area contributed by atoms with E-state index >= 15 is 0 Å². The fraction of sp³-hybridized carbons (Fsp3) is 0.394. The Morgan fingerprint density at radius 3 is 2.24 bits per heavy atom. The highest BCUT2D eigenvalue weighted by molar-refractivity contribution is 5.96. The normalized spacial score (nSPS) is 11.8. The van der Waals surface area contributed by atoms with Crippen molar-refractivity contribution in [2.45, 2.75) is 73.5 Å². The van der Waals surface area contributed by atoms with Gasteiger partial charge in [-0.25, -0.2) is 0 Å². The summed E-state index contributed by atoms with van der Waals surface area (Å²) in [6, 6.07) is 18.2. The maximum atomic E-state index is 13.8. The topological polar surface area (TPSA) is 64.6 Å². The number of hydrogen-bond donors (Lipinski definition) is 1. The van der Waals surface area contributed by atoms with Crippen molar-refractivity contribution in [2.75, 3.05) is 7.11 Å². The molecule has 3 rings (SSSR count).